The minimum atomic E-state index is 0.242. The number of rotatable bonds is 2. The Kier molecular flexibility index (Phi) is 3.86. The SMILES string of the molecule is CC1CN(CC(=O)N2CCc3sccc3C2)CCO1. The minimum Gasteiger partial charge on any atom is -0.376 e. The molecule has 0 saturated carbocycles. The average molecular weight is 280 g/mol. The molecule has 1 atom stereocenters. The zero-order valence-electron chi connectivity index (χ0n) is 11.3. The van der Waals surface area contributed by atoms with E-state index in [0.29, 0.717) is 6.54 Å². The summed E-state index contributed by atoms with van der Waals surface area (Å²) in [6, 6.07) is 2.15. The molecule has 0 radical (unpaired) electrons. The van der Waals surface area contributed by atoms with Crippen LogP contribution in [0.4, 0.5) is 0 Å². The number of fused-ring (bicyclic) bond motifs is 1. The smallest absolute Gasteiger partial charge is 0.237 e. The molecule has 2 aliphatic heterocycles. The van der Waals surface area contributed by atoms with Crippen LogP contribution in [0.1, 0.15) is 17.4 Å². The third kappa shape index (κ3) is 2.99. The summed E-state index contributed by atoms with van der Waals surface area (Å²) in [7, 11) is 0. The Morgan fingerprint density at radius 3 is 3.26 bits per heavy atom. The van der Waals surface area contributed by atoms with Gasteiger partial charge in [0.2, 0.25) is 5.91 Å². The maximum absolute atomic E-state index is 12.4. The third-order valence-electron chi connectivity index (χ3n) is 3.84. The summed E-state index contributed by atoms with van der Waals surface area (Å²) < 4.78 is 5.51. The number of thiophene rings is 1. The summed E-state index contributed by atoms with van der Waals surface area (Å²) in [4.78, 5) is 18.0. The van der Waals surface area contributed by atoms with Crippen LogP contribution in [0.15, 0.2) is 11.4 Å². The molecule has 104 valence electrons. The fourth-order valence-electron chi connectivity index (χ4n) is 2.79. The van der Waals surface area contributed by atoms with Crippen molar-refractivity contribution in [2.75, 3.05) is 32.8 Å². The summed E-state index contributed by atoms with van der Waals surface area (Å²) in [5, 5.41) is 2.13. The monoisotopic (exact) mass is 280 g/mol. The van der Waals surface area contributed by atoms with Crippen molar-refractivity contribution in [3.63, 3.8) is 0 Å². The number of amides is 1. The van der Waals surface area contributed by atoms with Crippen molar-refractivity contribution in [2.24, 2.45) is 0 Å². The summed E-state index contributed by atoms with van der Waals surface area (Å²) in [6.07, 6.45) is 1.25. The van der Waals surface area contributed by atoms with E-state index in [1.54, 1.807) is 0 Å². The van der Waals surface area contributed by atoms with Gasteiger partial charge in [0.05, 0.1) is 19.3 Å². The van der Waals surface area contributed by atoms with Crippen molar-refractivity contribution >= 4 is 17.2 Å². The second kappa shape index (κ2) is 5.61. The number of morpholine rings is 1. The molecule has 1 amide bonds. The predicted octanol–water partition coefficient (Wildman–Crippen LogP) is 1.35. The van der Waals surface area contributed by atoms with E-state index in [2.05, 4.69) is 23.3 Å². The fourth-order valence-corrected chi connectivity index (χ4v) is 3.68. The number of carbonyl (C=O) groups is 1. The van der Waals surface area contributed by atoms with Crippen LogP contribution in [0.25, 0.3) is 0 Å². The molecule has 19 heavy (non-hydrogen) atoms. The van der Waals surface area contributed by atoms with Gasteiger partial charge in [0.15, 0.2) is 0 Å². The van der Waals surface area contributed by atoms with Crippen molar-refractivity contribution in [3.05, 3.63) is 21.9 Å². The number of hydrogen-bond acceptors (Lipinski definition) is 4. The molecule has 1 unspecified atom stereocenters. The lowest BCUT2D eigenvalue weighted by atomic mass is 10.1. The average Bonchev–Trinajstić information content (AvgIpc) is 2.85. The molecule has 1 fully saturated rings. The van der Waals surface area contributed by atoms with Crippen LogP contribution in [0.5, 0.6) is 0 Å². The molecular weight excluding hydrogens is 260 g/mol. The second-order valence-corrected chi connectivity index (χ2v) is 6.35. The molecule has 5 heteroatoms. The van der Waals surface area contributed by atoms with Crippen molar-refractivity contribution in [1.82, 2.24) is 9.80 Å². The molecule has 1 aromatic rings. The number of ether oxygens (including phenoxy) is 1. The van der Waals surface area contributed by atoms with Crippen molar-refractivity contribution in [2.45, 2.75) is 26.0 Å². The van der Waals surface area contributed by atoms with E-state index >= 15 is 0 Å². The molecule has 0 aromatic carbocycles. The van der Waals surface area contributed by atoms with Gasteiger partial charge in [-0.15, -0.1) is 11.3 Å². The van der Waals surface area contributed by atoms with Gasteiger partial charge in [0.25, 0.3) is 0 Å². The quantitative estimate of drug-likeness (QED) is 0.820. The Morgan fingerprint density at radius 1 is 1.53 bits per heavy atom. The molecule has 1 aromatic heterocycles. The van der Waals surface area contributed by atoms with Crippen LogP contribution in [-0.4, -0.2) is 54.6 Å². The zero-order chi connectivity index (χ0) is 13.2. The molecule has 0 N–H and O–H groups in total. The van der Waals surface area contributed by atoms with E-state index in [9.17, 15) is 4.79 Å². The molecule has 1 saturated heterocycles. The van der Waals surface area contributed by atoms with Gasteiger partial charge in [-0.3, -0.25) is 9.69 Å². The van der Waals surface area contributed by atoms with E-state index in [4.69, 9.17) is 4.74 Å². The summed E-state index contributed by atoms with van der Waals surface area (Å²) in [5.74, 6) is 0.256. The maximum atomic E-state index is 12.4. The highest BCUT2D eigenvalue weighted by molar-refractivity contribution is 7.10. The maximum Gasteiger partial charge on any atom is 0.237 e. The normalized spacial score (nSPS) is 24.3. The van der Waals surface area contributed by atoms with Crippen molar-refractivity contribution in [1.29, 1.82) is 0 Å². The van der Waals surface area contributed by atoms with Gasteiger partial charge in [0.1, 0.15) is 0 Å². The van der Waals surface area contributed by atoms with Gasteiger partial charge in [-0.2, -0.15) is 0 Å². The largest absolute Gasteiger partial charge is 0.376 e. The lowest BCUT2D eigenvalue weighted by Crippen LogP contribution is -2.47. The molecule has 3 rings (SSSR count). The molecule has 2 aliphatic rings. The summed E-state index contributed by atoms with van der Waals surface area (Å²) in [6.45, 7) is 6.73. The molecule has 3 heterocycles. The highest BCUT2D eigenvalue weighted by Gasteiger charge is 2.25. The Bertz CT molecular complexity index is 460. The summed E-state index contributed by atoms with van der Waals surface area (Å²) in [5.41, 5.74) is 1.33. The molecule has 0 aliphatic carbocycles. The lowest BCUT2D eigenvalue weighted by Gasteiger charge is -2.33. The van der Waals surface area contributed by atoms with Crippen LogP contribution in [-0.2, 0) is 22.5 Å². The van der Waals surface area contributed by atoms with E-state index in [1.807, 2.05) is 16.2 Å². The van der Waals surface area contributed by atoms with Gasteiger partial charge >= 0.3 is 0 Å². The first kappa shape index (κ1) is 13.1. The minimum absolute atomic E-state index is 0.242. The van der Waals surface area contributed by atoms with Crippen LogP contribution in [0.2, 0.25) is 0 Å². The van der Waals surface area contributed by atoms with Crippen molar-refractivity contribution < 1.29 is 9.53 Å². The number of hydrogen-bond donors (Lipinski definition) is 0. The molecule has 0 bridgehead atoms. The van der Waals surface area contributed by atoms with Crippen LogP contribution >= 0.6 is 11.3 Å². The van der Waals surface area contributed by atoms with E-state index in [0.717, 1.165) is 39.2 Å². The first-order valence-corrected chi connectivity index (χ1v) is 7.77. The topological polar surface area (TPSA) is 32.8 Å². The Balaban J connectivity index is 1.56. The van der Waals surface area contributed by atoms with Crippen LogP contribution in [0, 0.1) is 0 Å². The fraction of sp³-hybridized carbons (Fsp3) is 0.643. The molecular formula is C14H20N2O2S. The predicted molar refractivity (Wildman–Crippen MR) is 75.3 cm³/mol. The van der Waals surface area contributed by atoms with E-state index in [1.165, 1.54) is 10.4 Å². The highest BCUT2D eigenvalue weighted by Crippen LogP contribution is 2.24. The van der Waals surface area contributed by atoms with Crippen LogP contribution in [0.3, 0.4) is 0 Å². The van der Waals surface area contributed by atoms with Gasteiger partial charge in [0, 0.05) is 31.1 Å². The van der Waals surface area contributed by atoms with E-state index < -0.39 is 0 Å². The van der Waals surface area contributed by atoms with Crippen molar-refractivity contribution in [3.8, 4) is 0 Å². The van der Waals surface area contributed by atoms with E-state index in [-0.39, 0.29) is 12.0 Å². The Labute approximate surface area is 118 Å². The Hall–Kier alpha value is -0.910. The lowest BCUT2D eigenvalue weighted by molar-refractivity contribution is -0.135. The third-order valence-corrected chi connectivity index (χ3v) is 4.87. The van der Waals surface area contributed by atoms with Gasteiger partial charge in [-0.05, 0) is 30.4 Å². The first-order valence-electron chi connectivity index (χ1n) is 6.89. The number of carbonyl (C=O) groups excluding carboxylic acids is 1. The van der Waals surface area contributed by atoms with Crippen LogP contribution < -0.4 is 0 Å². The molecule has 4 nitrogen and oxygen atoms in total. The standard InChI is InChI=1S/C14H20N2O2S/c1-11-8-15(5-6-18-11)10-14(17)16-4-2-13-12(9-16)3-7-19-13/h3,7,11H,2,4-6,8-10H2,1H3. The van der Waals surface area contributed by atoms with Gasteiger partial charge < -0.3 is 9.64 Å². The second-order valence-electron chi connectivity index (χ2n) is 5.35. The highest BCUT2D eigenvalue weighted by atomic mass is 32.1. The summed E-state index contributed by atoms with van der Waals surface area (Å²) >= 11 is 1.81. The first-order chi connectivity index (χ1) is 9.22. The van der Waals surface area contributed by atoms with Gasteiger partial charge in [-0.25, -0.2) is 0 Å². The Morgan fingerprint density at radius 2 is 2.42 bits per heavy atom. The zero-order valence-corrected chi connectivity index (χ0v) is 12.1. The number of nitrogens with zero attached hydrogens (tertiary/aromatic N) is 2. The molecule has 0 spiro atoms. The van der Waals surface area contributed by atoms with Gasteiger partial charge in [-0.1, -0.05) is 0 Å².